The van der Waals surface area contributed by atoms with Crippen LogP contribution in [0.4, 0.5) is 4.79 Å². The first-order chi connectivity index (χ1) is 11.5. The van der Waals surface area contributed by atoms with Gasteiger partial charge in [-0.25, -0.2) is 4.79 Å². The highest BCUT2D eigenvalue weighted by Gasteiger charge is 2.42. The molecule has 3 aliphatic rings. The minimum atomic E-state index is 0.167. The third-order valence-electron chi connectivity index (χ3n) is 5.32. The van der Waals surface area contributed by atoms with Gasteiger partial charge in [-0.15, -0.1) is 0 Å². The van der Waals surface area contributed by atoms with Crippen molar-refractivity contribution in [3.8, 4) is 0 Å². The van der Waals surface area contributed by atoms with Crippen molar-refractivity contribution in [2.75, 3.05) is 26.2 Å². The van der Waals surface area contributed by atoms with E-state index in [1.165, 1.54) is 52.4 Å². The molecule has 0 N–H and O–H groups in total. The zero-order valence-corrected chi connectivity index (χ0v) is 16.5. The van der Waals surface area contributed by atoms with Crippen molar-refractivity contribution in [1.82, 2.24) is 9.80 Å². The normalized spacial score (nSPS) is 28.3. The average molecular weight is 339 g/mol. The standard InChI is InChI=1S/C15H26N2O.C3H6O.C2H6/c1-2-12-8-13-10-17(11-14(13)9-12)15(18)16-6-4-3-5-7-16;1-3(2)4;1-2/h12-14H,2-11H2,1H3;1-2H3;1-2H3/t12?,13-,14+;;. The number of hydrogen-bond donors (Lipinski definition) is 0. The van der Waals surface area contributed by atoms with Gasteiger partial charge in [0.1, 0.15) is 5.78 Å². The number of likely N-dealkylation sites (tertiary alicyclic amines) is 2. The molecule has 3 fully saturated rings. The summed E-state index contributed by atoms with van der Waals surface area (Å²) in [6.07, 6.45) is 7.75. The summed E-state index contributed by atoms with van der Waals surface area (Å²) < 4.78 is 0. The maximum Gasteiger partial charge on any atom is 0.320 e. The molecule has 24 heavy (non-hydrogen) atoms. The number of amides is 2. The van der Waals surface area contributed by atoms with E-state index in [1.54, 1.807) is 0 Å². The number of piperidine rings is 1. The number of ketones is 1. The fraction of sp³-hybridized carbons (Fsp3) is 0.900. The van der Waals surface area contributed by atoms with Crippen molar-refractivity contribution < 1.29 is 9.59 Å². The predicted molar refractivity (Wildman–Crippen MR) is 100 cm³/mol. The Morgan fingerprint density at radius 2 is 1.33 bits per heavy atom. The van der Waals surface area contributed by atoms with E-state index in [2.05, 4.69) is 16.7 Å². The Labute approximate surface area is 149 Å². The van der Waals surface area contributed by atoms with Gasteiger partial charge in [0.05, 0.1) is 0 Å². The smallest absolute Gasteiger partial charge is 0.320 e. The highest BCUT2D eigenvalue weighted by molar-refractivity contribution is 5.75. The second-order valence-corrected chi connectivity index (χ2v) is 7.41. The van der Waals surface area contributed by atoms with Gasteiger partial charge in [-0.1, -0.05) is 27.2 Å². The van der Waals surface area contributed by atoms with Gasteiger partial charge in [0.25, 0.3) is 0 Å². The van der Waals surface area contributed by atoms with Gasteiger partial charge >= 0.3 is 6.03 Å². The molecular weight excluding hydrogens is 300 g/mol. The molecule has 3 atom stereocenters. The van der Waals surface area contributed by atoms with Crippen LogP contribution >= 0.6 is 0 Å². The van der Waals surface area contributed by atoms with Gasteiger partial charge in [0.2, 0.25) is 0 Å². The number of carbonyl (C=O) groups excluding carboxylic acids is 2. The van der Waals surface area contributed by atoms with Gasteiger partial charge in [-0.05, 0) is 63.7 Å². The quantitative estimate of drug-likeness (QED) is 0.702. The number of urea groups is 1. The Morgan fingerprint density at radius 3 is 1.75 bits per heavy atom. The molecule has 2 heterocycles. The van der Waals surface area contributed by atoms with E-state index in [0.717, 1.165) is 43.9 Å². The minimum absolute atomic E-state index is 0.167. The lowest BCUT2D eigenvalue weighted by molar-refractivity contribution is -0.114. The second kappa shape index (κ2) is 10.7. The molecule has 140 valence electrons. The Kier molecular flexibility index (Phi) is 9.38. The first-order valence-electron chi connectivity index (χ1n) is 10.0. The minimum Gasteiger partial charge on any atom is -0.325 e. The van der Waals surface area contributed by atoms with Crippen LogP contribution in [0.25, 0.3) is 0 Å². The molecule has 0 radical (unpaired) electrons. The van der Waals surface area contributed by atoms with Crippen molar-refractivity contribution >= 4 is 11.8 Å². The molecule has 2 saturated heterocycles. The lowest BCUT2D eigenvalue weighted by Crippen LogP contribution is -2.44. The molecule has 4 heteroatoms. The summed E-state index contributed by atoms with van der Waals surface area (Å²) in [7, 11) is 0. The van der Waals surface area contributed by atoms with E-state index < -0.39 is 0 Å². The Bertz CT molecular complexity index is 373. The molecule has 0 aromatic heterocycles. The molecule has 2 aliphatic heterocycles. The van der Waals surface area contributed by atoms with Crippen LogP contribution in [0, 0.1) is 17.8 Å². The molecule has 0 aromatic rings. The molecule has 1 aliphatic carbocycles. The zero-order valence-electron chi connectivity index (χ0n) is 16.5. The Balaban J connectivity index is 0.000000423. The average Bonchev–Trinajstić information content (AvgIpc) is 3.14. The van der Waals surface area contributed by atoms with Crippen LogP contribution in [-0.4, -0.2) is 47.8 Å². The van der Waals surface area contributed by atoms with Gasteiger partial charge in [-0.3, -0.25) is 0 Å². The van der Waals surface area contributed by atoms with Crippen LogP contribution in [0.1, 0.15) is 73.1 Å². The number of carbonyl (C=O) groups is 2. The number of rotatable bonds is 1. The SMILES string of the molecule is CC.CC(C)=O.CCC1C[C@@H]2CN(C(=O)N3CCCCC3)C[C@@H]2C1. The molecule has 3 rings (SSSR count). The monoisotopic (exact) mass is 338 g/mol. The molecule has 1 saturated carbocycles. The van der Waals surface area contributed by atoms with Crippen LogP contribution in [0.3, 0.4) is 0 Å². The summed E-state index contributed by atoms with van der Waals surface area (Å²) in [4.78, 5) is 26.1. The molecule has 0 aromatic carbocycles. The van der Waals surface area contributed by atoms with E-state index >= 15 is 0 Å². The summed E-state index contributed by atoms with van der Waals surface area (Å²) in [6, 6.07) is 0.331. The van der Waals surface area contributed by atoms with Crippen molar-refractivity contribution in [1.29, 1.82) is 0 Å². The summed E-state index contributed by atoms with van der Waals surface area (Å²) >= 11 is 0. The fourth-order valence-electron chi connectivity index (χ4n) is 4.20. The van der Waals surface area contributed by atoms with Gasteiger partial charge in [-0.2, -0.15) is 0 Å². The summed E-state index contributed by atoms with van der Waals surface area (Å²) in [5, 5.41) is 0. The first kappa shape index (κ1) is 21.0. The predicted octanol–water partition coefficient (Wildman–Crippen LogP) is 4.58. The van der Waals surface area contributed by atoms with Crippen LogP contribution in [0.15, 0.2) is 0 Å². The van der Waals surface area contributed by atoms with Crippen LogP contribution < -0.4 is 0 Å². The third-order valence-corrected chi connectivity index (χ3v) is 5.32. The maximum atomic E-state index is 12.4. The van der Waals surface area contributed by atoms with Gasteiger partial charge < -0.3 is 14.6 Å². The molecule has 0 bridgehead atoms. The lowest BCUT2D eigenvalue weighted by atomic mass is 10.0. The molecule has 1 unspecified atom stereocenters. The maximum absolute atomic E-state index is 12.4. The summed E-state index contributed by atoms with van der Waals surface area (Å²) in [5.74, 6) is 2.72. The highest BCUT2D eigenvalue weighted by atomic mass is 16.2. The first-order valence-corrected chi connectivity index (χ1v) is 10.0. The number of hydrogen-bond acceptors (Lipinski definition) is 2. The lowest BCUT2D eigenvalue weighted by Gasteiger charge is -2.31. The van der Waals surface area contributed by atoms with Gasteiger partial charge in [0.15, 0.2) is 0 Å². The molecule has 2 amide bonds. The topological polar surface area (TPSA) is 40.6 Å². The summed E-state index contributed by atoms with van der Waals surface area (Å²) in [5.41, 5.74) is 0. The highest BCUT2D eigenvalue weighted by Crippen LogP contribution is 2.42. The van der Waals surface area contributed by atoms with E-state index in [0.29, 0.717) is 6.03 Å². The number of Topliss-reactive ketones (excluding diaryl/α,β-unsaturated/α-hetero) is 1. The van der Waals surface area contributed by atoms with Crippen molar-refractivity contribution in [3.63, 3.8) is 0 Å². The summed E-state index contributed by atoms with van der Waals surface area (Å²) in [6.45, 7) is 13.4. The third kappa shape index (κ3) is 6.10. The van der Waals surface area contributed by atoms with Crippen molar-refractivity contribution in [2.24, 2.45) is 17.8 Å². The number of nitrogens with zero attached hydrogens (tertiary/aromatic N) is 2. The van der Waals surface area contributed by atoms with Crippen LogP contribution in [-0.2, 0) is 4.79 Å². The van der Waals surface area contributed by atoms with E-state index in [9.17, 15) is 9.59 Å². The molecular formula is C20H38N2O2. The zero-order chi connectivity index (χ0) is 18.1. The van der Waals surface area contributed by atoms with Crippen molar-refractivity contribution in [2.45, 2.75) is 73.1 Å². The van der Waals surface area contributed by atoms with E-state index in [4.69, 9.17) is 0 Å². The van der Waals surface area contributed by atoms with Gasteiger partial charge in [0, 0.05) is 26.2 Å². The second-order valence-electron chi connectivity index (χ2n) is 7.41. The van der Waals surface area contributed by atoms with Crippen LogP contribution in [0.2, 0.25) is 0 Å². The number of fused-ring (bicyclic) bond motifs is 1. The Hall–Kier alpha value is -1.06. The van der Waals surface area contributed by atoms with Crippen molar-refractivity contribution in [3.05, 3.63) is 0 Å². The molecule has 0 spiro atoms. The largest absolute Gasteiger partial charge is 0.325 e. The molecule has 4 nitrogen and oxygen atoms in total. The van der Waals surface area contributed by atoms with Crippen LogP contribution in [0.5, 0.6) is 0 Å². The fourth-order valence-corrected chi connectivity index (χ4v) is 4.20. The van der Waals surface area contributed by atoms with E-state index in [1.807, 2.05) is 13.8 Å². The Morgan fingerprint density at radius 1 is 0.875 bits per heavy atom. The van der Waals surface area contributed by atoms with E-state index in [-0.39, 0.29) is 5.78 Å².